The van der Waals surface area contributed by atoms with E-state index in [0.29, 0.717) is 19.8 Å². The first-order chi connectivity index (χ1) is 13.4. The highest BCUT2D eigenvalue weighted by Gasteiger charge is 2.33. The molecule has 8 heteroatoms. The number of ether oxygens (including phenoxy) is 2. The number of hydrogen-bond donors (Lipinski definition) is 2. The van der Waals surface area contributed by atoms with E-state index in [-0.39, 0.29) is 37.5 Å². The minimum Gasteiger partial charge on any atom is -0.480 e. The number of carboxylic acids is 1. The summed E-state index contributed by atoms with van der Waals surface area (Å²) in [5.41, 5.74) is 7.45. The van der Waals surface area contributed by atoms with Gasteiger partial charge in [0.15, 0.2) is 0 Å². The summed E-state index contributed by atoms with van der Waals surface area (Å²) in [5.74, 6) is -1.18. The molecular formula is C20H29FN2O5. The molecule has 2 rings (SSSR count). The standard InChI is InChI=1S/C20H29FN2O5/c1-14-10-17(11-23(14)19(24)7-6-18(22)20(25)26)28-13-16-4-2-15(3-5-16)12-27-9-8-21/h2-5,14,17-18H,6-13,22H2,1H3,(H,25,26)/t14-,17-,18+/m1/s1/i21-1. The van der Waals surface area contributed by atoms with E-state index in [4.69, 9.17) is 20.3 Å². The number of aliphatic carboxylic acids is 1. The van der Waals surface area contributed by atoms with Crippen molar-refractivity contribution in [1.82, 2.24) is 4.90 Å². The van der Waals surface area contributed by atoms with Crippen LogP contribution in [-0.2, 0) is 32.3 Å². The normalized spacial score (nSPS) is 20.3. The Morgan fingerprint density at radius 2 is 1.93 bits per heavy atom. The quantitative estimate of drug-likeness (QED) is 0.555. The monoisotopic (exact) mass is 395 g/mol. The van der Waals surface area contributed by atoms with Gasteiger partial charge in [0.2, 0.25) is 5.91 Å². The fourth-order valence-electron chi connectivity index (χ4n) is 3.19. The second-order valence-electron chi connectivity index (χ2n) is 7.11. The van der Waals surface area contributed by atoms with E-state index >= 15 is 0 Å². The van der Waals surface area contributed by atoms with Crippen LogP contribution in [0.4, 0.5) is 4.39 Å². The largest absolute Gasteiger partial charge is 0.480 e. The third-order valence-electron chi connectivity index (χ3n) is 4.84. The van der Waals surface area contributed by atoms with Crippen molar-refractivity contribution in [2.75, 3.05) is 19.8 Å². The molecule has 3 N–H and O–H groups in total. The summed E-state index contributed by atoms with van der Waals surface area (Å²) in [6.07, 6.45) is 0.937. The summed E-state index contributed by atoms with van der Waals surface area (Å²) in [4.78, 5) is 24.8. The lowest BCUT2D eigenvalue weighted by molar-refractivity contribution is -0.139. The number of hydrogen-bond acceptors (Lipinski definition) is 5. The molecule has 1 saturated heterocycles. The summed E-state index contributed by atoms with van der Waals surface area (Å²) < 4.78 is 23.1. The Kier molecular flexibility index (Phi) is 8.82. The van der Waals surface area contributed by atoms with Crippen LogP contribution in [0.15, 0.2) is 24.3 Å². The van der Waals surface area contributed by atoms with Crippen LogP contribution in [-0.4, -0.2) is 59.9 Å². The first-order valence-corrected chi connectivity index (χ1v) is 9.51. The summed E-state index contributed by atoms with van der Waals surface area (Å²) in [6.45, 7) is 2.89. The third kappa shape index (κ3) is 6.85. The summed E-state index contributed by atoms with van der Waals surface area (Å²) >= 11 is 0. The Morgan fingerprint density at radius 1 is 1.29 bits per heavy atom. The molecule has 28 heavy (non-hydrogen) atoms. The first-order valence-electron chi connectivity index (χ1n) is 9.51. The summed E-state index contributed by atoms with van der Waals surface area (Å²) in [6, 6.07) is 6.78. The Morgan fingerprint density at radius 3 is 2.54 bits per heavy atom. The maximum atomic E-state index is 12.3. The number of carbonyl (C=O) groups excluding carboxylic acids is 1. The van der Waals surface area contributed by atoms with Gasteiger partial charge in [-0.05, 0) is 30.9 Å². The van der Waals surface area contributed by atoms with Gasteiger partial charge in [0.25, 0.3) is 0 Å². The molecule has 1 heterocycles. The zero-order chi connectivity index (χ0) is 20.5. The molecule has 0 aliphatic carbocycles. The zero-order valence-electron chi connectivity index (χ0n) is 16.2. The fourth-order valence-corrected chi connectivity index (χ4v) is 3.19. The lowest BCUT2D eigenvalue weighted by Gasteiger charge is -2.21. The Labute approximate surface area is 164 Å². The number of nitrogens with zero attached hydrogens (tertiary/aromatic N) is 1. The number of carbonyl (C=O) groups is 2. The maximum Gasteiger partial charge on any atom is 0.320 e. The van der Waals surface area contributed by atoms with E-state index in [1.807, 2.05) is 31.2 Å². The van der Waals surface area contributed by atoms with Gasteiger partial charge in [-0.25, -0.2) is 4.39 Å². The topological polar surface area (TPSA) is 102 Å². The summed E-state index contributed by atoms with van der Waals surface area (Å²) in [7, 11) is 0. The van der Waals surface area contributed by atoms with E-state index < -0.39 is 18.7 Å². The van der Waals surface area contributed by atoms with Crippen molar-refractivity contribution < 1.29 is 28.6 Å². The van der Waals surface area contributed by atoms with Crippen LogP contribution in [0.3, 0.4) is 0 Å². The molecule has 0 saturated carbocycles. The van der Waals surface area contributed by atoms with Crippen molar-refractivity contribution in [2.24, 2.45) is 5.73 Å². The van der Waals surface area contributed by atoms with Crippen LogP contribution in [0.5, 0.6) is 0 Å². The van der Waals surface area contributed by atoms with Gasteiger partial charge in [-0.3, -0.25) is 9.59 Å². The predicted molar refractivity (Wildman–Crippen MR) is 101 cm³/mol. The number of nitrogens with two attached hydrogens (primary N) is 1. The van der Waals surface area contributed by atoms with Crippen LogP contribution in [0.25, 0.3) is 0 Å². The molecule has 0 spiro atoms. The molecule has 1 aromatic carbocycles. The number of benzene rings is 1. The molecule has 3 atom stereocenters. The Bertz CT molecular complexity index is 640. The second kappa shape index (κ2) is 11.1. The number of alkyl halides is 1. The molecule has 0 unspecified atom stereocenters. The van der Waals surface area contributed by atoms with Gasteiger partial charge in [0, 0.05) is 19.0 Å². The SMILES string of the molecule is C[C@@H]1C[C@@H](OCc2ccc(COCC[18F])cc2)CN1C(=O)CC[C@H](N)C(=O)O. The Hall–Kier alpha value is -2.03. The van der Waals surface area contributed by atoms with Gasteiger partial charge in [-0.2, -0.15) is 0 Å². The Balaban J connectivity index is 1.75. The van der Waals surface area contributed by atoms with Gasteiger partial charge in [-0.1, -0.05) is 24.3 Å². The molecule has 1 aliphatic heterocycles. The van der Waals surface area contributed by atoms with Gasteiger partial charge in [0.05, 0.1) is 25.9 Å². The average molecular weight is 395 g/mol. The van der Waals surface area contributed by atoms with Crippen molar-refractivity contribution in [3.05, 3.63) is 35.4 Å². The van der Waals surface area contributed by atoms with Crippen molar-refractivity contribution in [3.63, 3.8) is 0 Å². The van der Waals surface area contributed by atoms with Crippen LogP contribution < -0.4 is 5.73 Å². The van der Waals surface area contributed by atoms with Crippen molar-refractivity contribution >= 4 is 11.9 Å². The molecule has 1 aromatic rings. The smallest absolute Gasteiger partial charge is 0.320 e. The predicted octanol–water partition coefficient (Wildman–Crippen LogP) is 1.87. The first kappa shape index (κ1) is 22.3. The molecule has 1 amide bonds. The minimum absolute atomic E-state index is 0.0496. The van der Waals surface area contributed by atoms with Gasteiger partial charge >= 0.3 is 5.97 Å². The molecule has 1 aliphatic rings. The second-order valence-corrected chi connectivity index (χ2v) is 7.11. The lowest BCUT2D eigenvalue weighted by atomic mass is 10.1. The molecule has 0 radical (unpaired) electrons. The number of likely N-dealkylation sites (tertiary alicyclic amines) is 1. The zero-order valence-corrected chi connectivity index (χ0v) is 16.2. The highest BCUT2D eigenvalue weighted by atomic mass is 18.2. The van der Waals surface area contributed by atoms with Crippen LogP contribution in [0.2, 0.25) is 0 Å². The summed E-state index contributed by atoms with van der Waals surface area (Å²) in [5, 5.41) is 8.81. The highest BCUT2D eigenvalue weighted by molar-refractivity contribution is 5.79. The average Bonchev–Trinajstić information content (AvgIpc) is 3.06. The van der Waals surface area contributed by atoms with Gasteiger partial charge < -0.3 is 25.2 Å². The lowest BCUT2D eigenvalue weighted by Crippen LogP contribution is -2.37. The van der Waals surface area contributed by atoms with Gasteiger partial charge in [-0.15, -0.1) is 0 Å². The number of amides is 1. The molecule has 0 bridgehead atoms. The highest BCUT2D eigenvalue weighted by Crippen LogP contribution is 2.22. The molecule has 0 aromatic heterocycles. The number of carboxylic acid groups (broad SMARTS) is 1. The number of rotatable bonds is 11. The van der Waals surface area contributed by atoms with Crippen LogP contribution >= 0.6 is 0 Å². The van der Waals surface area contributed by atoms with Crippen LogP contribution in [0, 0.1) is 0 Å². The minimum atomic E-state index is -1.09. The van der Waals surface area contributed by atoms with Crippen molar-refractivity contribution in [2.45, 2.75) is 57.6 Å². The fraction of sp³-hybridized carbons (Fsp3) is 0.600. The van der Waals surface area contributed by atoms with E-state index in [9.17, 15) is 14.0 Å². The molecular weight excluding hydrogens is 366 g/mol. The molecule has 156 valence electrons. The third-order valence-corrected chi connectivity index (χ3v) is 4.84. The van der Waals surface area contributed by atoms with E-state index in [2.05, 4.69) is 0 Å². The number of halogens is 1. The van der Waals surface area contributed by atoms with Crippen molar-refractivity contribution in [3.8, 4) is 0 Å². The van der Waals surface area contributed by atoms with Crippen molar-refractivity contribution in [1.29, 1.82) is 0 Å². The molecule has 7 nitrogen and oxygen atoms in total. The molecule has 1 fully saturated rings. The van der Waals surface area contributed by atoms with Crippen LogP contribution in [0.1, 0.15) is 37.3 Å². The van der Waals surface area contributed by atoms with Gasteiger partial charge in [0.1, 0.15) is 12.7 Å². The van der Waals surface area contributed by atoms with E-state index in [0.717, 1.165) is 17.5 Å². The van der Waals surface area contributed by atoms with E-state index in [1.165, 1.54) is 0 Å². The maximum absolute atomic E-state index is 12.3. The van der Waals surface area contributed by atoms with E-state index in [1.54, 1.807) is 4.90 Å².